The van der Waals surface area contributed by atoms with Gasteiger partial charge in [0.1, 0.15) is 5.75 Å². The van der Waals surface area contributed by atoms with Gasteiger partial charge in [0.05, 0.1) is 17.9 Å². The third kappa shape index (κ3) is 4.47. The number of amides is 3. The van der Waals surface area contributed by atoms with E-state index >= 15 is 0 Å². The summed E-state index contributed by atoms with van der Waals surface area (Å²) in [7, 11) is 1.58. The Morgan fingerprint density at radius 3 is 2.55 bits per heavy atom. The highest BCUT2D eigenvalue weighted by atomic mass is 32.2. The Bertz CT molecular complexity index is 1070. The van der Waals surface area contributed by atoms with Crippen LogP contribution in [0.25, 0.3) is 6.08 Å². The molecule has 0 saturated carbocycles. The SMILES string of the molecule is COc1ccc(/C=C2/SC(=S)N(NC(=O)[C@H]3CC(=O)N(c4ccccc4)C3)C2=O)cc1. The fourth-order valence-electron chi connectivity index (χ4n) is 3.36. The Kier molecular flexibility index (Phi) is 6.06. The maximum Gasteiger partial charge on any atom is 0.285 e. The van der Waals surface area contributed by atoms with E-state index in [2.05, 4.69) is 5.43 Å². The Balaban J connectivity index is 1.42. The maximum absolute atomic E-state index is 12.8. The van der Waals surface area contributed by atoms with E-state index in [4.69, 9.17) is 17.0 Å². The standard InChI is InChI=1S/C22H19N3O4S2/c1-29-17-9-7-14(8-10-17)11-18-21(28)25(22(30)31-18)23-20(27)15-12-19(26)24(13-15)16-5-3-2-4-6-16/h2-11,15H,12-13H2,1H3,(H,23,27)/b18-11+/t15-/m0/s1. The van der Waals surface area contributed by atoms with Gasteiger partial charge in [-0.15, -0.1) is 0 Å². The average molecular weight is 454 g/mol. The number of hydrazine groups is 1. The molecular weight excluding hydrogens is 434 g/mol. The molecule has 2 fully saturated rings. The highest BCUT2D eigenvalue weighted by Gasteiger charge is 2.39. The van der Waals surface area contributed by atoms with E-state index in [1.54, 1.807) is 30.2 Å². The molecule has 1 atom stereocenters. The van der Waals surface area contributed by atoms with Crippen molar-refractivity contribution in [3.8, 4) is 5.75 Å². The number of nitrogens with zero attached hydrogens (tertiary/aromatic N) is 2. The van der Waals surface area contributed by atoms with Gasteiger partial charge in [-0.1, -0.05) is 42.1 Å². The van der Waals surface area contributed by atoms with Crippen LogP contribution in [0.3, 0.4) is 0 Å². The van der Waals surface area contributed by atoms with Gasteiger partial charge >= 0.3 is 0 Å². The van der Waals surface area contributed by atoms with Gasteiger partial charge < -0.3 is 9.64 Å². The molecule has 1 N–H and O–H groups in total. The van der Waals surface area contributed by atoms with Gasteiger partial charge in [-0.3, -0.25) is 19.8 Å². The van der Waals surface area contributed by atoms with Crippen molar-refractivity contribution in [2.24, 2.45) is 5.92 Å². The van der Waals surface area contributed by atoms with Crippen molar-refractivity contribution in [2.75, 3.05) is 18.6 Å². The molecule has 2 aliphatic rings. The molecule has 31 heavy (non-hydrogen) atoms. The van der Waals surface area contributed by atoms with Crippen LogP contribution in [0.15, 0.2) is 59.5 Å². The smallest absolute Gasteiger partial charge is 0.285 e. The average Bonchev–Trinajstić information content (AvgIpc) is 3.30. The van der Waals surface area contributed by atoms with Crippen molar-refractivity contribution in [2.45, 2.75) is 6.42 Å². The molecular formula is C22H19N3O4S2. The van der Waals surface area contributed by atoms with Gasteiger partial charge in [-0.25, -0.2) is 0 Å². The minimum absolute atomic E-state index is 0.0806. The second kappa shape index (κ2) is 8.91. The molecule has 0 bridgehead atoms. The molecule has 2 saturated heterocycles. The molecule has 2 aromatic carbocycles. The fraction of sp³-hybridized carbons (Fsp3) is 0.182. The highest BCUT2D eigenvalue weighted by molar-refractivity contribution is 8.26. The largest absolute Gasteiger partial charge is 0.497 e. The van der Waals surface area contributed by atoms with E-state index in [1.807, 2.05) is 42.5 Å². The van der Waals surface area contributed by atoms with Crippen molar-refractivity contribution >= 4 is 57.8 Å². The molecule has 0 aromatic heterocycles. The van der Waals surface area contributed by atoms with Crippen LogP contribution in [0, 0.1) is 5.92 Å². The molecule has 0 unspecified atom stereocenters. The first-order chi connectivity index (χ1) is 15.0. The minimum atomic E-state index is -0.567. The van der Waals surface area contributed by atoms with Crippen LogP contribution in [-0.2, 0) is 14.4 Å². The number of benzene rings is 2. The zero-order valence-electron chi connectivity index (χ0n) is 16.6. The van der Waals surface area contributed by atoms with E-state index in [1.165, 1.54) is 0 Å². The number of carbonyl (C=O) groups is 3. The quantitative estimate of drug-likeness (QED) is 0.554. The van der Waals surface area contributed by atoms with Gasteiger partial charge in [0, 0.05) is 18.7 Å². The molecule has 158 valence electrons. The van der Waals surface area contributed by atoms with E-state index in [0.29, 0.717) is 10.7 Å². The zero-order valence-corrected chi connectivity index (χ0v) is 18.2. The summed E-state index contributed by atoms with van der Waals surface area (Å²) >= 11 is 6.40. The molecule has 2 aromatic rings. The minimum Gasteiger partial charge on any atom is -0.497 e. The summed E-state index contributed by atoms with van der Waals surface area (Å²) in [5, 5.41) is 1.08. The molecule has 2 aliphatic heterocycles. The zero-order chi connectivity index (χ0) is 22.0. The molecule has 9 heteroatoms. The maximum atomic E-state index is 12.8. The number of hydrogen-bond acceptors (Lipinski definition) is 6. The van der Waals surface area contributed by atoms with Crippen LogP contribution in [0.5, 0.6) is 5.75 Å². The topological polar surface area (TPSA) is 79.0 Å². The first-order valence-corrected chi connectivity index (χ1v) is 10.8. The number of thiocarbonyl (C=S) groups is 1. The number of methoxy groups -OCH3 is 1. The highest BCUT2D eigenvalue weighted by Crippen LogP contribution is 2.32. The molecule has 0 spiro atoms. The number of rotatable bonds is 5. The van der Waals surface area contributed by atoms with Crippen LogP contribution >= 0.6 is 24.0 Å². The molecule has 2 heterocycles. The number of thioether (sulfide) groups is 1. The van der Waals surface area contributed by atoms with E-state index in [9.17, 15) is 14.4 Å². The summed E-state index contributed by atoms with van der Waals surface area (Å²) in [5.41, 5.74) is 4.15. The van der Waals surface area contributed by atoms with Crippen molar-refractivity contribution in [3.63, 3.8) is 0 Å². The molecule has 0 radical (unpaired) electrons. The second-order valence-electron chi connectivity index (χ2n) is 7.01. The fourth-order valence-corrected chi connectivity index (χ4v) is 4.54. The lowest BCUT2D eigenvalue weighted by molar-refractivity contribution is -0.135. The first-order valence-electron chi connectivity index (χ1n) is 9.54. The van der Waals surface area contributed by atoms with Crippen molar-refractivity contribution in [1.29, 1.82) is 0 Å². The monoisotopic (exact) mass is 453 g/mol. The van der Waals surface area contributed by atoms with Gasteiger partial charge in [-0.05, 0) is 48.1 Å². The van der Waals surface area contributed by atoms with Gasteiger partial charge in [0.15, 0.2) is 4.32 Å². The number of nitrogens with one attached hydrogen (secondary N) is 1. The first kappa shape index (κ1) is 21.1. The lowest BCUT2D eigenvalue weighted by Crippen LogP contribution is -2.47. The van der Waals surface area contributed by atoms with Crippen molar-refractivity contribution < 1.29 is 19.1 Å². The van der Waals surface area contributed by atoms with Crippen molar-refractivity contribution in [1.82, 2.24) is 10.4 Å². The third-order valence-corrected chi connectivity index (χ3v) is 6.30. The Morgan fingerprint density at radius 2 is 1.87 bits per heavy atom. The van der Waals surface area contributed by atoms with Crippen LogP contribution in [-0.4, -0.2) is 40.7 Å². The molecule has 3 amide bonds. The predicted octanol–water partition coefficient (Wildman–Crippen LogP) is 2.98. The molecule has 0 aliphatic carbocycles. The summed E-state index contributed by atoms with van der Waals surface area (Å²) in [4.78, 5) is 39.9. The van der Waals surface area contributed by atoms with Gasteiger partial charge in [0.2, 0.25) is 11.8 Å². The van der Waals surface area contributed by atoms with E-state index < -0.39 is 17.7 Å². The van der Waals surface area contributed by atoms with Crippen LogP contribution in [0.2, 0.25) is 0 Å². The van der Waals surface area contributed by atoms with Gasteiger partial charge in [-0.2, -0.15) is 5.01 Å². The van der Waals surface area contributed by atoms with E-state index in [0.717, 1.165) is 28.0 Å². The Hall–Kier alpha value is -3.17. The molecule has 4 rings (SSSR count). The normalized spacial score (nSPS) is 20.0. The lowest BCUT2D eigenvalue weighted by Gasteiger charge is -2.19. The van der Waals surface area contributed by atoms with E-state index in [-0.39, 0.29) is 23.2 Å². The van der Waals surface area contributed by atoms with Crippen LogP contribution < -0.4 is 15.1 Å². The number of ether oxygens (including phenoxy) is 1. The predicted molar refractivity (Wildman–Crippen MR) is 123 cm³/mol. The number of anilines is 1. The summed E-state index contributed by atoms with van der Waals surface area (Å²) in [6.45, 7) is 0.255. The Morgan fingerprint density at radius 1 is 1.16 bits per heavy atom. The number of hydrogen-bond donors (Lipinski definition) is 1. The summed E-state index contributed by atoms with van der Waals surface area (Å²) < 4.78 is 5.37. The molecule has 7 nitrogen and oxygen atoms in total. The summed E-state index contributed by atoms with van der Waals surface area (Å²) in [6, 6.07) is 16.4. The van der Waals surface area contributed by atoms with Crippen molar-refractivity contribution in [3.05, 3.63) is 65.1 Å². The second-order valence-corrected chi connectivity index (χ2v) is 8.68. The number of carbonyl (C=O) groups excluding carboxylic acids is 3. The third-order valence-electron chi connectivity index (χ3n) is 4.99. The van der Waals surface area contributed by atoms with Crippen LogP contribution in [0.4, 0.5) is 5.69 Å². The lowest BCUT2D eigenvalue weighted by atomic mass is 10.1. The number of para-hydroxylation sites is 1. The summed E-state index contributed by atoms with van der Waals surface area (Å²) in [5.74, 6) is -0.788. The Labute approximate surface area is 189 Å². The van der Waals surface area contributed by atoms with Gasteiger partial charge in [0.25, 0.3) is 5.91 Å². The summed E-state index contributed by atoms with van der Waals surface area (Å²) in [6.07, 6.45) is 1.79. The van der Waals surface area contributed by atoms with Crippen LogP contribution in [0.1, 0.15) is 12.0 Å².